The summed E-state index contributed by atoms with van der Waals surface area (Å²) in [5.74, 6) is 0.786. The second-order valence-corrected chi connectivity index (χ2v) is 5.82. The largest absolute Gasteiger partial charge is 0.312 e. The van der Waals surface area contributed by atoms with Gasteiger partial charge in [0.25, 0.3) is 0 Å². The number of hydrogen-bond donors (Lipinski definition) is 1. The first kappa shape index (κ1) is 11.7. The van der Waals surface area contributed by atoms with E-state index in [2.05, 4.69) is 36.4 Å². The van der Waals surface area contributed by atoms with Crippen molar-refractivity contribution in [3.05, 3.63) is 36.2 Å². The summed E-state index contributed by atoms with van der Waals surface area (Å²) in [6.45, 7) is 6.73. The van der Waals surface area contributed by atoms with Crippen molar-refractivity contribution in [2.45, 2.75) is 33.2 Å². The third-order valence-electron chi connectivity index (χ3n) is 4.42. The van der Waals surface area contributed by atoms with Crippen molar-refractivity contribution in [2.24, 2.45) is 11.3 Å². The predicted molar refractivity (Wildman–Crippen MR) is 73.4 cm³/mol. The molecule has 0 aliphatic heterocycles. The fraction of sp³-hybridized carbons (Fsp3) is 0.533. The highest BCUT2D eigenvalue weighted by Gasteiger charge is 2.44. The minimum absolute atomic E-state index is 0.572. The van der Waals surface area contributed by atoms with Crippen molar-refractivity contribution in [3.8, 4) is 0 Å². The Morgan fingerprint density at radius 3 is 2.94 bits per heavy atom. The van der Waals surface area contributed by atoms with Gasteiger partial charge in [-0.1, -0.05) is 19.9 Å². The topological polar surface area (TPSA) is 29.3 Å². The zero-order valence-corrected chi connectivity index (χ0v) is 11.2. The molecule has 96 valence electrons. The molecule has 0 bridgehead atoms. The van der Waals surface area contributed by atoms with Crippen molar-refractivity contribution in [1.29, 1.82) is 0 Å². The molecule has 0 radical (unpaired) electrons. The van der Waals surface area contributed by atoms with Crippen LogP contribution >= 0.6 is 0 Å². The van der Waals surface area contributed by atoms with Crippen LogP contribution < -0.4 is 5.32 Å². The van der Waals surface area contributed by atoms with E-state index in [0.717, 1.165) is 19.0 Å². The lowest BCUT2D eigenvalue weighted by molar-refractivity contribution is 0.338. The fourth-order valence-corrected chi connectivity index (χ4v) is 2.69. The van der Waals surface area contributed by atoms with E-state index >= 15 is 0 Å². The summed E-state index contributed by atoms with van der Waals surface area (Å²) >= 11 is 0. The van der Waals surface area contributed by atoms with Gasteiger partial charge in [0.05, 0.1) is 11.7 Å². The fourth-order valence-electron chi connectivity index (χ4n) is 2.69. The first-order valence-electron chi connectivity index (χ1n) is 6.83. The Morgan fingerprint density at radius 2 is 2.22 bits per heavy atom. The first-order chi connectivity index (χ1) is 8.71. The third kappa shape index (κ3) is 2.03. The second kappa shape index (κ2) is 4.39. The van der Waals surface area contributed by atoms with Gasteiger partial charge in [-0.15, -0.1) is 0 Å². The van der Waals surface area contributed by atoms with E-state index in [1.165, 1.54) is 23.9 Å². The van der Waals surface area contributed by atoms with Crippen LogP contribution in [0, 0.1) is 11.3 Å². The highest BCUT2D eigenvalue weighted by Crippen LogP contribution is 2.51. The second-order valence-electron chi connectivity index (χ2n) is 5.82. The summed E-state index contributed by atoms with van der Waals surface area (Å²) in [6, 6.07) is 6.20. The summed E-state index contributed by atoms with van der Waals surface area (Å²) in [7, 11) is 0. The van der Waals surface area contributed by atoms with Crippen LogP contribution in [-0.4, -0.2) is 16.2 Å². The van der Waals surface area contributed by atoms with E-state index < -0.39 is 0 Å². The van der Waals surface area contributed by atoms with Gasteiger partial charge < -0.3 is 5.32 Å². The Balaban J connectivity index is 1.64. The number of fused-ring (bicyclic) bond motifs is 1. The number of hydrogen-bond acceptors (Lipinski definition) is 2. The molecular weight excluding hydrogens is 222 g/mol. The molecule has 1 aliphatic carbocycles. The van der Waals surface area contributed by atoms with Crippen molar-refractivity contribution >= 4 is 5.52 Å². The molecule has 2 aromatic heterocycles. The molecule has 1 aliphatic rings. The highest BCUT2D eigenvalue weighted by atomic mass is 15.2. The van der Waals surface area contributed by atoms with E-state index in [0.29, 0.717) is 5.41 Å². The number of rotatable bonds is 5. The molecule has 3 heteroatoms. The molecule has 0 spiro atoms. The molecule has 2 heterocycles. The third-order valence-corrected chi connectivity index (χ3v) is 4.42. The lowest BCUT2D eigenvalue weighted by atomic mass is 9.92. The Bertz CT molecular complexity index is 537. The van der Waals surface area contributed by atoms with Crippen LogP contribution in [0.5, 0.6) is 0 Å². The molecule has 0 unspecified atom stereocenters. The number of pyridine rings is 1. The first-order valence-corrected chi connectivity index (χ1v) is 6.83. The molecule has 18 heavy (non-hydrogen) atoms. The van der Waals surface area contributed by atoms with Gasteiger partial charge in [-0.25, -0.2) is 4.52 Å². The van der Waals surface area contributed by atoms with Crippen LogP contribution in [0.15, 0.2) is 30.6 Å². The van der Waals surface area contributed by atoms with Crippen LogP contribution in [0.2, 0.25) is 0 Å². The molecule has 0 aromatic carbocycles. The zero-order valence-electron chi connectivity index (χ0n) is 11.2. The van der Waals surface area contributed by atoms with Gasteiger partial charge in [-0.2, -0.15) is 5.10 Å². The molecular formula is C15H21N3. The molecule has 1 fully saturated rings. The average Bonchev–Trinajstić information content (AvgIpc) is 3.06. The summed E-state index contributed by atoms with van der Waals surface area (Å²) in [5, 5.41) is 7.97. The van der Waals surface area contributed by atoms with Gasteiger partial charge in [0.2, 0.25) is 0 Å². The maximum absolute atomic E-state index is 4.36. The van der Waals surface area contributed by atoms with Crippen LogP contribution in [-0.2, 0) is 6.54 Å². The SMILES string of the molecule is CC(C)C1(CNCc2cnn3ccccc23)CC1. The summed E-state index contributed by atoms with van der Waals surface area (Å²) in [5.41, 5.74) is 3.07. The van der Waals surface area contributed by atoms with Gasteiger partial charge in [0.1, 0.15) is 0 Å². The molecule has 3 rings (SSSR count). The smallest absolute Gasteiger partial charge is 0.0706 e. The molecule has 0 atom stereocenters. The minimum Gasteiger partial charge on any atom is -0.312 e. The van der Waals surface area contributed by atoms with Gasteiger partial charge in [-0.05, 0) is 36.3 Å². The van der Waals surface area contributed by atoms with Gasteiger partial charge in [0.15, 0.2) is 0 Å². The zero-order chi connectivity index (χ0) is 12.6. The lowest BCUT2D eigenvalue weighted by Crippen LogP contribution is -2.27. The highest BCUT2D eigenvalue weighted by molar-refractivity contribution is 5.53. The van der Waals surface area contributed by atoms with Crippen molar-refractivity contribution in [3.63, 3.8) is 0 Å². The Labute approximate surface area is 108 Å². The van der Waals surface area contributed by atoms with Crippen molar-refractivity contribution in [1.82, 2.24) is 14.9 Å². The standard InChI is InChI=1S/C15H21N3/c1-12(2)15(6-7-15)11-16-9-13-10-17-18-8-4-3-5-14(13)18/h3-5,8,10,12,16H,6-7,9,11H2,1-2H3. The van der Waals surface area contributed by atoms with Crippen LogP contribution in [0.3, 0.4) is 0 Å². The summed E-state index contributed by atoms with van der Waals surface area (Å²) in [4.78, 5) is 0. The number of nitrogens with one attached hydrogen (secondary N) is 1. The van der Waals surface area contributed by atoms with E-state index in [-0.39, 0.29) is 0 Å². The molecule has 0 amide bonds. The number of nitrogens with zero attached hydrogens (tertiary/aromatic N) is 2. The summed E-state index contributed by atoms with van der Waals surface area (Å²) in [6.07, 6.45) is 6.73. The molecule has 3 nitrogen and oxygen atoms in total. The van der Waals surface area contributed by atoms with Crippen LogP contribution in [0.4, 0.5) is 0 Å². The van der Waals surface area contributed by atoms with Gasteiger partial charge in [-0.3, -0.25) is 0 Å². The molecule has 1 N–H and O–H groups in total. The van der Waals surface area contributed by atoms with Crippen molar-refractivity contribution < 1.29 is 0 Å². The van der Waals surface area contributed by atoms with E-state index in [1.807, 2.05) is 23.0 Å². The maximum atomic E-state index is 4.36. The Kier molecular flexibility index (Phi) is 2.86. The van der Waals surface area contributed by atoms with Crippen molar-refractivity contribution in [2.75, 3.05) is 6.54 Å². The normalized spacial score (nSPS) is 17.5. The van der Waals surface area contributed by atoms with Gasteiger partial charge >= 0.3 is 0 Å². The summed E-state index contributed by atoms with van der Waals surface area (Å²) < 4.78 is 1.94. The van der Waals surface area contributed by atoms with E-state index in [1.54, 1.807) is 0 Å². The quantitative estimate of drug-likeness (QED) is 0.875. The Morgan fingerprint density at radius 1 is 1.39 bits per heavy atom. The molecule has 2 aromatic rings. The molecule has 1 saturated carbocycles. The van der Waals surface area contributed by atoms with E-state index in [4.69, 9.17) is 0 Å². The Hall–Kier alpha value is -1.35. The predicted octanol–water partition coefficient (Wildman–Crippen LogP) is 2.86. The van der Waals surface area contributed by atoms with Crippen LogP contribution in [0.1, 0.15) is 32.3 Å². The lowest BCUT2D eigenvalue weighted by Gasteiger charge is -2.19. The van der Waals surface area contributed by atoms with E-state index in [9.17, 15) is 0 Å². The number of aromatic nitrogens is 2. The average molecular weight is 243 g/mol. The van der Waals surface area contributed by atoms with Crippen LogP contribution in [0.25, 0.3) is 5.52 Å². The maximum Gasteiger partial charge on any atom is 0.0706 e. The van der Waals surface area contributed by atoms with Gasteiger partial charge in [0, 0.05) is 24.8 Å². The minimum atomic E-state index is 0.572. The monoisotopic (exact) mass is 243 g/mol. The molecule has 0 saturated heterocycles.